The van der Waals surface area contributed by atoms with Crippen molar-refractivity contribution in [2.45, 2.75) is 18.4 Å². The van der Waals surface area contributed by atoms with Crippen molar-refractivity contribution in [2.75, 3.05) is 0 Å². The van der Waals surface area contributed by atoms with Gasteiger partial charge < -0.3 is 5.11 Å². The highest BCUT2D eigenvalue weighted by molar-refractivity contribution is 5.86. The summed E-state index contributed by atoms with van der Waals surface area (Å²) >= 11 is 0. The summed E-state index contributed by atoms with van der Waals surface area (Å²) in [6, 6.07) is 23.2. The highest BCUT2D eigenvalue weighted by Gasteiger charge is 2.30. The number of aliphatic hydroxyl groups is 1. The minimum absolute atomic E-state index is 0.298. The maximum Gasteiger partial charge on any atom is 0.0802 e. The van der Waals surface area contributed by atoms with E-state index in [4.69, 9.17) is 0 Å². The van der Waals surface area contributed by atoms with Crippen LogP contribution in [-0.2, 0) is 0 Å². The van der Waals surface area contributed by atoms with Gasteiger partial charge >= 0.3 is 0 Å². The molecule has 4 rings (SSSR count). The molecule has 2 atom stereocenters. The van der Waals surface area contributed by atoms with E-state index in [9.17, 15) is 5.11 Å². The van der Waals surface area contributed by atoms with Gasteiger partial charge in [0.2, 0.25) is 0 Å². The summed E-state index contributed by atoms with van der Waals surface area (Å²) in [6.45, 7) is 0. The average Bonchev–Trinajstić information content (AvgIpc) is 2.84. The van der Waals surface area contributed by atoms with Gasteiger partial charge in [0, 0.05) is 5.92 Å². The van der Waals surface area contributed by atoms with E-state index in [2.05, 4.69) is 54.6 Å². The maximum absolute atomic E-state index is 10.3. The minimum atomic E-state index is -0.338. The van der Waals surface area contributed by atoms with Crippen LogP contribution in [0.2, 0.25) is 0 Å². The number of hydrogen-bond acceptors (Lipinski definition) is 1. The zero-order valence-corrected chi connectivity index (χ0v) is 11.2. The molecule has 1 aliphatic rings. The van der Waals surface area contributed by atoms with Gasteiger partial charge in [-0.25, -0.2) is 0 Å². The third-order valence-corrected chi connectivity index (χ3v) is 4.39. The number of aliphatic hydroxyl groups excluding tert-OH is 1. The Kier molecular flexibility index (Phi) is 2.61. The number of rotatable bonds is 1. The average molecular weight is 260 g/mol. The molecule has 3 aromatic rings. The molecule has 0 aliphatic heterocycles. The molecule has 1 N–H and O–H groups in total. The smallest absolute Gasteiger partial charge is 0.0802 e. The van der Waals surface area contributed by atoms with Crippen molar-refractivity contribution in [1.29, 1.82) is 0 Å². The molecule has 0 bridgehead atoms. The van der Waals surface area contributed by atoms with E-state index in [0.717, 1.165) is 12.0 Å². The first-order valence-corrected chi connectivity index (χ1v) is 7.09. The highest BCUT2D eigenvalue weighted by atomic mass is 16.3. The molecule has 0 saturated heterocycles. The molecule has 1 heteroatoms. The van der Waals surface area contributed by atoms with Gasteiger partial charge in [0.25, 0.3) is 0 Å². The quantitative estimate of drug-likeness (QED) is 0.687. The van der Waals surface area contributed by atoms with Crippen LogP contribution in [0.25, 0.3) is 10.8 Å². The summed E-state index contributed by atoms with van der Waals surface area (Å²) in [7, 11) is 0. The van der Waals surface area contributed by atoms with Crippen LogP contribution in [0.15, 0.2) is 66.7 Å². The minimum Gasteiger partial charge on any atom is -0.388 e. The fraction of sp³-hybridized carbons (Fsp3) is 0.158. The topological polar surface area (TPSA) is 20.2 Å². The predicted molar refractivity (Wildman–Crippen MR) is 81.8 cm³/mol. The van der Waals surface area contributed by atoms with E-state index in [1.54, 1.807) is 0 Å². The van der Waals surface area contributed by atoms with Crippen LogP contribution in [0.1, 0.15) is 35.1 Å². The molecule has 0 spiro atoms. The van der Waals surface area contributed by atoms with Crippen molar-refractivity contribution in [3.63, 3.8) is 0 Å². The molecule has 1 aliphatic carbocycles. The summed E-state index contributed by atoms with van der Waals surface area (Å²) < 4.78 is 0. The molecule has 3 aromatic carbocycles. The SMILES string of the molecule is OC1CC(c2cccc3ccccc23)c2ccccc21. The molecular weight excluding hydrogens is 244 g/mol. The highest BCUT2D eigenvalue weighted by Crippen LogP contribution is 2.45. The first-order chi connectivity index (χ1) is 9.84. The molecule has 2 unspecified atom stereocenters. The Labute approximate surface area is 118 Å². The second-order valence-electron chi connectivity index (χ2n) is 5.50. The molecule has 0 heterocycles. The van der Waals surface area contributed by atoms with Gasteiger partial charge in [0.1, 0.15) is 0 Å². The van der Waals surface area contributed by atoms with Gasteiger partial charge in [-0.05, 0) is 33.9 Å². The summed E-state index contributed by atoms with van der Waals surface area (Å²) in [4.78, 5) is 0. The molecule has 0 fully saturated rings. The van der Waals surface area contributed by atoms with Gasteiger partial charge in [0.05, 0.1) is 6.10 Å². The Hall–Kier alpha value is -2.12. The molecule has 0 amide bonds. The monoisotopic (exact) mass is 260 g/mol. The third kappa shape index (κ3) is 1.67. The Morgan fingerprint density at radius 3 is 2.25 bits per heavy atom. The summed E-state index contributed by atoms with van der Waals surface area (Å²) in [5, 5.41) is 12.8. The van der Waals surface area contributed by atoms with Gasteiger partial charge in [-0.15, -0.1) is 0 Å². The summed E-state index contributed by atoms with van der Waals surface area (Å²) in [5.74, 6) is 0.298. The fourth-order valence-corrected chi connectivity index (χ4v) is 3.46. The molecule has 1 nitrogen and oxygen atoms in total. The second kappa shape index (κ2) is 4.46. The van der Waals surface area contributed by atoms with E-state index >= 15 is 0 Å². The number of fused-ring (bicyclic) bond motifs is 2. The van der Waals surface area contributed by atoms with Crippen LogP contribution in [0.5, 0.6) is 0 Å². The summed E-state index contributed by atoms with van der Waals surface area (Å²) in [6.07, 6.45) is 0.447. The van der Waals surface area contributed by atoms with Crippen molar-refractivity contribution in [1.82, 2.24) is 0 Å². The van der Waals surface area contributed by atoms with Crippen molar-refractivity contribution in [3.8, 4) is 0 Å². The molecule has 0 radical (unpaired) electrons. The Morgan fingerprint density at radius 2 is 1.35 bits per heavy atom. The van der Waals surface area contributed by atoms with Crippen LogP contribution < -0.4 is 0 Å². The molecule has 0 saturated carbocycles. The van der Waals surface area contributed by atoms with Crippen LogP contribution in [-0.4, -0.2) is 5.11 Å². The lowest BCUT2D eigenvalue weighted by atomic mass is 9.89. The fourth-order valence-electron chi connectivity index (χ4n) is 3.46. The van der Waals surface area contributed by atoms with Gasteiger partial charge in [-0.3, -0.25) is 0 Å². The van der Waals surface area contributed by atoms with Crippen molar-refractivity contribution < 1.29 is 5.11 Å². The van der Waals surface area contributed by atoms with Crippen molar-refractivity contribution >= 4 is 10.8 Å². The lowest BCUT2D eigenvalue weighted by Crippen LogP contribution is -1.97. The van der Waals surface area contributed by atoms with E-state index in [1.807, 2.05) is 12.1 Å². The first-order valence-electron chi connectivity index (χ1n) is 7.09. The zero-order valence-electron chi connectivity index (χ0n) is 11.2. The normalized spacial score (nSPS) is 21.1. The standard InChI is InChI=1S/C19H16O/c20-19-12-18(16-9-3-4-10-17(16)19)15-11-5-7-13-6-1-2-8-14(13)15/h1-11,18-20H,12H2. The van der Waals surface area contributed by atoms with Gasteiger partial charge in [0.15, 0.2) is 0 Å². The lowest BCUT2D eigenvalue weighted by molar-refractivity contribution is 0.176. The van der Waals surface area contributed by atoms with Crippen LogP contribution in [0.4, 0.5) is 0 Å². The van der Waals surface area contributed by atoms with Gasteiger partial charge in [-0.1, -0.05) is 66.7 Å². The molecule has 98 valence electrons. The summed E-state index contributed by atoms with van der Waals surface area (Å²) in [5.41, 5.74) is 3.69. The van der Waals surface area contributed by atoms with Crippen molar-refractivity contribution in [2.24, 2.45) is 0 Å². The Morgan fingerprint density at radius 1 is 0.700 bits per heavy atom. The van der Waals surface area contributed by atoms with Gasteiger partial charge in [-0.2, -0.15) is 0 Å². The lowest BCUT2D eigenvalue weighted by Gasteiger charge is -2.15. The number of hydrogen-bond donors (Lipinski definition) is 1. The zero-order chi connectivity index (χ0) is 13.5. The van der Waals surface area contributed by atoms with Crippen molar-refractivity contribution in [3.05, 3.63) is 83.4 Å². The van der Waals surface area contributed by atoms with Crippen LogP contribution >= 0.6 is 0 Å². The van der Waals surface area contributed by atoms with Crippen LogP contribution in [0.3, 0.4) is 0 Å². The molecule has 0 aromatic heterocycles. The van der Waals surface area contributed by atoms with Crippen LogP contribution in [0, 0.1) is 0 Å². The Bertz CT molecular complexity index is 770. The van der Waals surface area contributed by atoms with E-state index in [1.165, 1.54) is 21.9 Å². The maximum atomic E-state index is 10.3. The second-order valence-corrected chi connectivity index (χ2v) is 5.50. The van der Waals surface area contributed by atoms with E-state index in [-0.39, 0.29) is 6.10 Å². The van der Waals surface area contributed by atoms with E-state index < -0.39 is 0 Å². The molecule has 20 heavy (non-hydrogen) atoms. The number of benzene rings is 3. The third-order valence-electron chi connectivity index (χ3n) is 4.39. The largest absolute Gasteiger partial charge is 0.388 e. The van der Waals surface area contributed by atoms with E-state index in [0.29, 0.717) is 5.92 Å². The Balaban J connectivity index is 1.93. The first kappa shape index (κ1) is 11.7. The molecular formula is C19H16O. The predicted octanol–water partition coefficient (Wildman–Crippen LogP) is 4.41.